The highest BCUT2D eigenvalue weighted by atomic mass is 16.5. The fourth-order valence-electron chi connectivity index (χ4n) is 3.15. The van der Waals surface area contributed by atoms with Gasteiger partial charge >= 0.3 is 0 Å². The number of nitrogens with zero attached hydrogens (tertiary/aromatic N) is 1. The van der Waals surface area contributed by atoms with Crippen LogP contribution in [0.5, 0.6) is 0 Å². The molecule has 1 amide bonds. The molecule has 0 aromatic heterocycles. The topological polar surface area (TPSA) is 38.8 Å². The van der Waals surface area contributed by atoms with Crippen molar-refractivity contribution < 1.29 is 14.3 Å². The molecule has 4 heteroatoms. The third-order valence-corrected chi connectivity index (χ3v) is 3.97. The lowest BCUT2D eigenvalue weighted by Crippen LogP contribution is -2.35. The average molecular weight is 251 g/mol. The van der Waals surface area contributed by atoms with E-state index in [0.717, 1.165) is 6.54 Å². The van der Waals surface area contributed by atoms with E-state index in [4.69, 9.17) is 9.47 Å². The quantitative estimate of drug-likeness (QED) is 0.708. The van der Waals surface area contributed by atoms with Crippen LogP contribution in [0.2, 0.25) is 0 Å². The third kappa shape index (κ3) is 1.97. The van der Waals surface area contributed by atoms with Crippen molar-refractivity contribution in [2.24, 2.45) is 11.8 Å². The molecule has 0 aliphatic carbocycles. The molecule has 0 N–H and O–H groups in total. The minimum absolute atomic E-state index is 0.0287. The molecule has 0 aromatic carbocycles. The smallest absolute Gasteiger partial charge is 0.229 e. The Morgan fingerprint density at radius 1 is 1.39 bits per heavy atom. The molecular formula is C14H21NO3. The van der Waals surface area contributed by atoms with Crippen LogP contribution >= 0.6 is 0 Å². The van der Waals surface area contributed by atoms with Gasteiger partial charge in [0.15, 0.2) is 0 Å². The number of carbonyl (C=O) groups is 1. The van der Waals surface area contributed by atoms with E-state index >= 15 is 0 Å². The predicted molar refractivity (Wildman–Crippen MR) is 67.1 cm³/mol. The number of rotatable bonds is 3. The van der Waals surface area contributed by atoms with Crippen molar-refractivity contribution in [3.05, 3.63) is 12.2 Å². The van der Waals surface area contributed by atoms with E-state index in [1.165, 1.54) is 0 Å². The van der Waals surface area contributed by atoms with Gasteiger partial charge in [-0.15, -0.1) is 0 Å². The normalized spacial score (nSPS) is 37.7. The third-order valence-electron chi connectivity index (χ3n) is 3.97. The highest BCUT2D eigenvalue weighted by Gasteiger charge is 2.55. The van der Waals surface area contributed by atoms with Gasteiger partial charge < -0.3 is 14.4 Å². The Hall–Kier alpha value is -0.870. The Morgan fingerprint density at radius 2 is 2.11 bits per heavy atom. The van der Waals surface area contributed by atoms with Crippen molar-refractivity contribution in [1.29, 1.82) is 0 Å². The van der Waals surface area contributed by atoms with Gasteiger partial charge in [0.05, 0.1) is 30.3 Å². The second-order valence-electron chi connectivity index (χ2n) is 6.38. The zero-order valence-corrected chi connectivity index (χ0v) is 11.3. The van der Waals surface area contributed by atoms with Crippen LogP contribution in [0, 0.1) is 11.8 Å². The van der Waals surface area contributed by atoms with E-state index in [1.807, 2.05) is 31.7 Å². The van der Waals surface area contributed by atoms with Crippen LogP contribution in [0.3, 0.4) is 0 Å². The number of hydrogen-bond donors (Lipinski definition) is 0. The van der Waals surface area contributed by atoms with Crippen LogP contribution in [0.25, 0.3) is 0 Å². The number of amides is 1. The molecular weight excluding hydrogens is 230 g/mol. The first kappa shape index (κ1) is 12.2. The molecule has 4 nitrogen and oxygen atoms in total. The molecule has 3 rings (SSSR count). The minimum Gasteiger partial charge on any atom is -0.374 e. The molecule has 2 unspecified atom stereocenters. The Morgan fingerprint density at radius 3 is 2.78 bits per heavy atom. The maximum absolute atomic E-state index is 12.3. The van der Waals surface area contributed by atoms with Gasteiger partial charge in [0, 0.05) is 19.0 Å². The first-order chi connectivity index (χ1) is 8.46. The molecule has 0 spiro atoms. The summed E-state index contributed by atoms with van der Waals surface area (Å²) in [6.07, 6.45) is 4.34. The van der Waals surface area contributed by atoms with E-state index in [-0.39, 0.29) is 29.6 Å². The number of hydrogen-bond acceptors (Lipinski definition) is 3. The first-order valence-electron chi connectivity index (χ1n) is 6.72. The molecule has 3 aliphatic rings. The fraction of sp³-hybridized carbons (Fsp3) is 0.786. The Kier molecular flexibility index (Phi) is 2.75. The average Bonchev–Trinajstić information content (AvgIpc) is 2.91. The second kappa shape index (κ2) is 4.07. The van der Waals surface area contributed by atoms with Crippen molar-refractivity contribution in [1.82, 2.24) is 4.90 Å². The molecule has 100 valence electrons. The van der Waals surface area contributed by atoms with Crippen molar-refractivity contribution in [2.45, 2.75) is 38.6 Å². The van der Waals surface area contributed by atoms with Gasteiger partial charge in [0.25, 0.3) is 0 Å². The molecule has 0 aromatic rings. The Bertz CT molecular complexity index is 385. The molecule has 2 bridgehead atoms. The van der Waals surface area contributed by atoms with Gasteiger partial charge in [0.1, 0.15) is 0 Å². The maximum Gasteiger partial charge on any atom is 0.229 e. The summed E-state index contributed by atoms with van der Waals surface area (Å²) in [5.41, 5.74) is -0.137. The van der Waals surface area contributed by atoms with Gasteiger partial charge in [-0.05, 0) is 20.8 Å². The summed E-state index contributed by atoms with van der Waals surface area (Å²) >= 11 is 0. The van der Waals surface area contributed by atoms with Crippen LogP contribution in [0.4, 0.5) is 0 Å². The molecule has 3 heterocycles. The standard InChI is InChI=1S/C14H21NO3/c1-14(2,3)17-7-6-15-8-9-10-4-5-11(18-10)12(9)13(15)16/h4-5,9-12H,6-8H2,1-3H3/t9-,10?,11?,12-/m0/s1. The summed E-state index contributed by atoms with van der Waals surface area (Å²) in [7, 11) is 0. The zero-order chi connectivity index (χ0) is 12.9. The van der Waals surface area contributed by atoms with E-state index in [2.05, 4.69) is 6.08 Å². The summed E-state index contributed by atoms with van der Waals surface area (Å²) in [6, 6.07) is 0. The van der Waals surface area contributed by atoms with Crippen molar-refractivity contribution in [3.63, 3.8) is 0 Å². The van der Waals surface area contributed by atoms with Gasteiger partial charge in [0.2, 0.25) is 5.91 Å². The van der Waals surface area contributed by atoms with Crippen LogP contribution in [0.15, 0.2) is 12.2 Å². The Labute approximate surface area is 108 Å². The van der Waals surface area contributed by atoms with Crippen LogP contribution in [0.1, 0.15) is 20.8 Å². The molecule has 0 saturated carbocycles. The highest BCUT2D eigenvalue weighted by Crippen LogP contribution is 2.44. The predicted octanol–water partition coefficient (Wildman–Crippen LogP) is 1.21. The summed E-state index contributed by atoms with van der Waals surface area (Å²) in [5.74, 6) is 0.672. The molecule has 2 fully saturated rings. The van der Waals surface area contributed by atoms with E-state index in [0.29, 0.717) is 19.1 Å². The fourth-order valence-corrected chi connectivity index (χ4v) is 3.15. The number of ether oxygens (including phenoxy) is 2. The van der Waals surface area contributed by atoms with E-state index < -0.39 is 0 Å². The molecule has 4 atom stereocenters. The van der Waals surface area contributed by atoms with E-state index in [1.54, 1.807) is 0 Å². The molecule has 0 radical (unpaired) electrons. The van der Waals surface area contributed by atoms with Crippen molar-refractivity contribution in [3.8, 4) is 0 Å². The van der Waals surface area contributed by atoms with Crippen LogP contribution in [-0.4, -0.2) is 48.3 Å². The zero-order valence-electron chi connectivity index (χ0n) is 11.3. The van der Waals surface area contributed by atoms with Gasteiger partial charge in [-0.25, -0.2) is 0 Å². The number of carbonyl (C=O) groups excluding carboxylic acids is 1. The lowest BCUT2D eigenvalue weighted by Gasteiger charge is -2.23. The lowest BCUT2D eigenvalue weighted by molar-refractivity contribution is -0.134. The summed E-state index contributed by atoms with van der Waals surface area (Å²) in [6.45, 7) is 8.23. The summed E-state index contributed by atoms with van der Waals surface area (Å²) in [5, 5.41) is 0. The number of likely N-dealkylation sites (tertiary alicyclic amines) is 1. The minimum atomic E-state index is -0.137. The number of fused-ring (bicyclic) bond motifs is 5. The molecule has 18 heavy (non-hydrogen) atoms. The summed E-state index contributed by atoms with van der Waals surface area (Å²) in [4.78, 5) is 14.2. The van der Waals surface area contributed by atoms with Crippen molar-refractivity contribution in [2.75, 3.05) is 19.7 Å². The van der Waals surface area contributed by atoms with Crippen molar-refractivity contribution >= 4 is 5.91 Å². The van der Waals surface area contributed by atoms with Gasteiger partial charge in [-0.2, -0.15) is 0 Å². The maximum atomic E-state index is 12.3. The van der Waals surface area contributed by atoms with Crippen LogP contribution < -0.4 is 0 Å². The SMILES string of the molecule is CC(C)(C)OCCN1C[C@H]2C3C=CC(O3)[C@H]2C1=O. The highest BCUT2D eigenvalue weighted by molar-refractivity contribution is 5.83. The van der Waals surface area contributed by atoms with Crippen LogP contribution in [-0.2, 0) is 14.3 Å². The monoisotopic (exact) mass is 251 g/mol. The molecule has 2 saturated heterocycles. The largest absolute Gasteiger partial charge is 0.374 e. The summed E-state index contributed by atoms with van der Waals surface area (Å²) < 4.78 is 11.4. The lowest BCUT2D eigenvalue weighted by atomic mass is 9.86. The molecule has 3 aliphatic heterocycles. The van der Waals surface area contributed by atoms with Gasteiger partial charge in [-0.3, -0.25) is 4.79 Å². The second-order valence-corrected chi connectivity index (χ2v) is 6.38. The Balaban J connectivity index is 1.56. The first-order valence-corrected chi connectivity index (χ1v) is 6.72. The van der Waals surface area contributed by atoms with E-state index in [9.17, 15) is 4.79 Å². The van der Waals surface area contributed by atoms with Gasteiger partial charge in [-0.1, -0.05) is 12.2 Å².